The van der Waals surface area contributed by atoms with Crippen molar-refractivity contribution < 1.29 is 9.21 Å². The molecule has 0 spiro atoms. The Labute approximate surface area is 122 Å². The molecule has 0 saturated carbocycles. The van der Waals surface area contributed by atoms with Crippen molar-refractivity contribution in [3.05, 3.63) is 28.0 Å². The van der Waals surface area contributed by atoms with Gasteiger partial charge in [0.15, 0.2) is 0 Å². The number of rotatable bonds is 1. The van der Waals surface area contributed by atoms with Gasteiger partial charge in [0.2, 0.25) is 5.71 Å². The van der Waals surface area contributed by atoms with E-state index in [1.54, 1.807) is 6.92 Å². The van der Waals surface area contributed by atoms with Gasteiger partial charge in [-0.05, 0) is 25.2 Å². The molecule has 2 aromatic rings. The fraction of sp³-hybridized carbons (Fsp3) is 0.533. The number of hydrogen-bond acceptors (Lipinski definition) is 4. The molecule has 21 heavy (non-hydrogen) atoms. The monoisotopic (exact) mass is 289 g/mol. The van der Waals surface area contributed by atoms with Crippen LogP contribution in [-0.4, -0.2) is 33.9 Å². The molecule has 1 fully saturated rings. The Morgan fingerprint density at radius 1 is 1.38 bits per heavy atom. The average Bonchev–Trinajstić information content (AvgIpc) is 2.74. The molecule has 3 rings (SSSR count). The quantitative estimate of drug-likeness (QED) is 0.870. The maximum Gasteiger partial charge on any atom is 0.262 e. The molecule has 0 radical (unpaired) electrons. The maximum absolute atomic E-state index is 12.8. The molecule has 0 unspecified atom stereocenters. The van der Waals surface area contributed by atoms with Gasteiger partial charge in [-0.15, -0.1) is 0 Å². The summed E-state index contributed by atoms with van der Waals surface area (Å²) in [5.41, 5.74) is 0.233. The summed E-state index contributed by atoms with van der Waals surface area (Å²) in [6, 6.07) is 0. The molecule has 1 aliphatic heterocycles. The molecule has 1 N–H and O–H groups in total. The van der Waals surface area contributed by atoms with Crippen molar-refractivity contribution in [3.63, 3.8) is 0 Å². The Bertz CT molecular complexity index is 736. The minimum absolute atomic E-state index is 0.136. The second-order valence-corrected chi connectivity index (χ2v) is 6.10. The summed E-state index contributed by atoms with van der Waals surface area (Å²) in [6.07, 6.45) is 2.41. The van der Waals surface area contributed by atoms with E-state index in [4.69, 9.17) is 4.42 Å². The third-order valence-electron chi connectivity index (χ3n) is 4.04. The number of carbonyl (C=O) groups excluding carboxylic acids is 1. The van der Waals surface area contributed by atoms with Crippen molar-refractivity contribution in [3.8, 4) is 0 Å². The molecule has 0 bridgehead atoms. The predicted molar refractivity (Wildman–Crippen MR) is 78.2 cm³/mol. The van der Waals surface area contributed by atoms with Gasteiger partial charge in [-0.25, -0.2) is 4.98 Å². The number of furan rings is 1. The van der Waals surface area contributed by atoms with Crippen LogP contribution in [0.1, 0.15) is 36.4 Å². The van der Waals surface area contributed by atoms with Gasteiger partial charge < -0.3 is 14.3 Å². The molecule has 1 aliphatic rings. The van der Waals surface area contributed by atoms with Gasteiger partial charge in [-0.3, -0.25) is 9.59 Å². The van der Waals surface area contributed by atoms with Crippen LogP contribution < -0.4 is 5.56 Å². The third-order valence-corrected chi connectivity index (χ3v) is 4.04. The van der Waals surface area contributed by atoms with Crippen molar-refractivity contribution in [1.82, 2.24) is 14.9 Å². The molecule has 3 heterocycles. The number of amides is 1. The minimum Gasteiger partial charge on any atom is -0.442 e. The smallest absolute Gasteiger partial charge is 0.262 e. The highest BCUT2D eigenvalue weighted by atomic mass is 16.3. The van der Waals surface area contributed by atoms with Crippen LogP contribution in [0.25, 0.3) is 11.1 Å². The van der Waals surface area contributed by atoms with Crippen LogP contribution in [0.2, 0.25) is 0 Å². The second kappa shape index (κ2) is 5.02. The molecule has 1 amide bonds. The van der Waals surface area contributed by atoms with E-state index >= 15 is 0 Å². The summed E-state index contributed by atoms with van der Waals surface area (Å²) in [5.74, 6) is 1.24. The number of hydrogen-bond donors (Lipinski definition) is 1. The van der Waals surface area contributed by atoms with E-state index in [1.807, 2.05) is 4.90 Å². The van der Waals surface area contributed by atoms with Crippen LogP contribution >= 0.6 is 0 Å². The van der Waals surface area contributed by atoms with Crippen LogP contribution in [0.15, 0.2) is 15.5 Å². The lowest BCUT2D eigenvalue weighted by molar-refractivity contribution is 0.0623. The highest BCUT2D eigenvalue weighted by Crippen LogP contribution is 2.26. The second-order valence-electron chi connectivity index (χ2n) is 6.10. The largest absolute Gasteiger partial charge is 0.442 e. The number of aromatic nitrogens is 2. The van der Waals surface area contributed by atoms with Crippen LogP contribution in [0.5, 0.6) is 0 Å². The zero-order valence-corrected chi connectivity index (χ0v) is 12.5. The topological polar surface area (TPSA) is 79.2 Å². The van der Waals surface area contributed by atoms with Gasteiger partial charge in [-0.2, -0.15) is 0 Å². The summed E-state index contributed by atoms with van der Waals surface area (Å²) in [5, 5.41) is 0.255. The van der Waals surface area contributed by atoms with E-state index in [0.717, 1.165) is 6.42 Å². The van der Waals surface area contributed by atoms with Crippen molar-refractivity contribution in [2.45, 2.75) is 27.2 Å². The molecular formula is C15H19N3O3. The molecule has 0 aromatic carbocycles. The van der Waals surface area contributed by atoms with E-state index < -0.39 is 0 Å². The average molecular weight is 289 g/mol. The number of likely N-dealkylation sites (tertiary alicyclic amines) is 1. The van der Waals surface area contributed by atoms with Crippen LogP contribution in [-0.2, 0) is 0 Å². The Morgan fingerprint density at radius 3 is 2.71 bits per heavy atom. The van der Waals surface area contributed by atoms with Crippen LogP contribution in [0.4, 0.5) is 0 Å². The maximum atomic E-state index is 12.8. The van der Waals surface area contributed by atoms with Crippen molar-refractivity contribution >= 4 is 17.0 Å². The minimum atomic E-state index is -0.335. The number of piperidine rings is 1. The highest BCUT2D eigenvalue weighted by molar-refractivity contribution is 6.06. The summed E-state index contributed by atoms with van der Waals surface area (Å²) < 4.78 is 5.47. The SMILES string of the molecule is Cc1oc2nc[nH]c(=O)c2c1C(=O)N1C[C@H](C)C[C@@H](C)C1. The number of aromatic amines is 1. The zero-order valence-electron chi connectivity index (χ0n) is 12.5. The number of nitrogens with zero attached hydrogens (tertiary/aromatic N) is 2. The molecule has 112 valence electrons. The van der Waals surface area contributed by atoms with Crippen molar-refractivity contribution in [1.29, 1.82) is 0 Å². The van der Waals surface area contributed by atoms with Gasteiger partial charge >= 0.3 is 0 Å². The predicted octanol–water partition coefficient (Wildman–Crippen LogP) is 1.94. The first-order valence-electron chi connectivity index (χ1n) is 7.23. The lowest BCUT2D eigenvalue weighted by atomic mass is 9.91. The summed E-state index contributed by atoms with van der Waals surface area (Å²) in [7, 11) is 0. The molecule has 6 nitrogen and oxygen atoms in total. The Kier molecular flexibility index (Phi) is 3.31. The first-order valence-corrected chi connectivity index (χ1v) is 7.23. The van der Waals surface area contributed by atoms with Gasteiger partial charge in [-0.1, -0.05) is 13.8 Å². The molecule has 2 aromatic heterocycles. The lowest BCUT2D eigenvalue weighted by Gasteiger charge is -2.34. The molecule has 0 aliphatic carbocycles. The van der Waals surface area contributed by atoms with Crippen LogP contribution in [0, 0.1) is 18.8 Å². The zero-order chi connectivity index (χ0) is 15.1. The molecular weight excluding hydrogens is 270 g/mol. The lowest BCUT2D eigenvalue weighted by Crippen LogP contribution is -2.42. The number of nitrogens with one attached hydrogen (secondary N) is 1. The van der Waals surface area contributed by atoms with E-state index in [1.165, 1.54) is 6.33 Å². The fourth-order valence-electron chi connectivity index (χ4n) is 3.30. The van der Waals surface area contributed by atoms with Gasteiger partial charge in [0.25, 0.3) is 11.5 Å². The van der Waals surface area contributed by atoms with Crippen molar-refractivity contribution in [2.75, 3.05) is 13.1 Å². The first-order chi connectivity index (χ1) is 9.97. The number of aryl methyl sites for hydroxylation is 1. The van der Waals surface area contributed by atoms with E-state index in [0.29, 0.717) is 36.2 Å². The van der Waals surface area contributed by atoms with E-state index in [-0.39, 0.29) is 22.6 Å². The van der Waals surface area contributed by atoms with Gasteiger partial charge in [0.1, 0.15) is 11.1 Å². The molecule has 6 heteroatoms. The number of H-pyrrole nitrogens is 1. The summed E-state index contributed by atoms with van der Waals surface area (Å²) >= 11 is 0. The number of fused-ring (bicyclic) bond motifs is 1. The number of carbonyl (C=O) groups is 1. The standard InChI is InChI=1S/C15H19N3O3/c1-8-4-9(2)6-18(5-8)15(20)11-10(3)21-14-12(11)13(19)16-7-17-14/h7-9H,4-6H2,1-3H3,(H,16,17,19)/t8-,9-/m1/s1. The summed E-state index contributed by atoms with van der Waals surface area (Å²) in [4.78, 5) is 33.1. The molecule has 1 saturated heterocycles. The van der Waals surface area contributed by atoms with E-state index in [9.17, 15) is 9.59 Å². The van der Waals surface area contributed by atoms with Gasteiger partial charge in [0, 0.05) is 13.1 Å². The Balaban J connectivity index is 2.06. The third kappa shape index (κ3) is 2.34. The first kappa shape index (κ1) is 13.9. The Hall–Kier alpha value is -2.11. The molecule has 2 atom stereocenters. The Morgan fingerprint density at radius 2 is 2.05 bits per heavy atom. The van der Waals surface area contributed by atoms with E-state index in [2.05, 4.69) is 23.8 Å². The van der Waals surface area contributed by atoms with Crippen molar-refractivity contribution in [2.24, 2.45) is 11.8 Å². The summed E-state index contributed by atoms with van der Waals surface area (Å²) in [6.45, 7) is 7.42. The van der Waals surface area contributed by atoms with Crippen LogP contribution in [0.3, 0.4) is 0 Å². The highest BCUT2D eigenvalue weighted by Gasteiger charge is 2.30. The van der Waals surface area contributed by atoms with Gasteiger partial charge in [0.05, 0.1) is 11.9 Å². The normalized spacial score (nSPS) is 22.7. The fourth-order valence-corrected chi connectivity index (χ4v) is 3.30.